The van der Waals surface area contributed by atoms with Gasteiger partial charge in [-0.2, -0.15) is 0 Å². The molecule has 2 aliphatic heterocycles. The molecule has 1 fully saturated rings. The smallest absolute Gasteiger partial charge is 0.251 e. The number of likely N-dealkylation sites (tertiary alicyclic amines) is 1. The van der Waals surface area contributed by atoms with Gasteiger partial charge in [0.05, 0.1) is 31.6 Å². The summed E-state index contributed by atoms with van der Waals surface area (Å²) in [5.41, 5.74) is 2.16. The summed E-state index contributed by atoms with van der Waals surface area (Å²) in [4.78, 5) is 27.8. The minimum atomic E-state index is -0.385. The normalized spacial score (nSPS) is 20.3. The van der Waals surface area contributed by atoms with Crippen LogP contribution in [0.1, 0.15) is 34.5 Å². The van der Waals surface area contributed by atoms with Crippen LogP contribution in [0.5, 0.6) is 11.5 Å². The van der Waals surface area contributed by atoms with E-state index in [9.17, 15) is 14.7 Å². The van der Waals surface area contributed by atoms with E-state index >= 15 is 0 Å². The molecule has 0 radical (unpaired) electrons. The minimum Gasteiger partial charge on any atom is -0.508 e. The molecule has 1 saturated heterocycles. The molecule has 2 atom stereocenters. The highest BCUT2D eigenvalue weighted by molar-refractivity contribution is 5.95. The number of rotatable bonds is 3. The molecule has 1 aromatic heterocycles. The van der Waals surface area contributed by atoms with Crippen molar-refractivity contribution in [3.8, 4) is 11.5 Å². The first-order valence-corrected chi connectivity index (χ1v) is 12.1. The first-order chi connectivity index (χ1) is 17.5. The number of phenols is 1. The Morgan fingerprint density at radius 2 is 2.03 bits per heavy atom. The number of nitrogens with one attached hydrogen (secondary N) is 1. The van der Waals surface area contributed by atoms with Crippen molar-refractivity contribution in [1.29, 1.82) is 0 Å². The number of ether oxygens (including phenoxy) is 2. The summed E-state index contributed by atoms with van der Waals surface area (Å²) in [5, 5.41) is 20.8. The van der Waals surface area contributed by atoms with E-state index in [1.54, 1.807) is 39.9 Å². The van der Waals surface area contributed by atoms with Gasteiger partial charge in [-0.25, -0.2) is 0 Å². The molecule has 3 heterocycles. The Morgan fingerprint density at radius 1 is 1.17 bits per heavy atom. The standard InChI is InChI=1S/C26H29N5O5/c32-21-8-5-18(6-9-21)7-10-25(33)30-15-23-24(16-30)36-17-20-14-31(29-28-20)11-2-12-35-22-4-1-3-19(13-22)26(34)27-23/h1,3-6,8-9,13-14,23-24,32H,2,7,10-12,15-17H2,(H,27,34)/t23-,24-/m0/s1. The number of phenolic OH excluding ortho intramolecular Hbond substituents is 1. The molecule has 0 spiro atoms. The summed E-state index contributed by atoms with van der Waals surface area (Å²) in [5.74, 6) is 0.567. The zero-order valence-corrected chi connectivity index (χ0v) is 19.9. The largest absolute Gasteiger partial charge is 0.508 e. The van der Waals surface area contributed by atoms with Crippen LogP contribution in [-0.4, -0.2) is 68.7 Å². The van der Waals surface area contributed by atoms with E-state index in [1.165, 1.54) is 0 Å². The molecule has 10 heteroatoms. The van der Waals surface area contributed by atoms with Crippen LogP contribution in [0.2, 0.25) is 0 Å². The van der Waals surface area contributed by atoms with Gasteiger partial charge in [-0.3, -0.25) is 14.3 Å². The molecule has 2 N–H and O–H groups in total. The highest BCUT2D eigenvalue weighted by Crippen LogP contribution is 2.20. The molecule has 5 rings (SSSR count). The summed E-state index contributed by atoms with van der Waals surface area (Å²) >= 11 is 0. The molecule has 2 aromatic carbocycles. The van der Waals surface area contributed by atoms with Crippen LogP contribution >= 0.6 is 0 Å². The number of hydrogen-bond donors (Lipinski definition) is 2. The third kappa shape index (κ3) is 5.83. The molecule has 2 aliphatic rings. The van der Waals surface area contributed by atoms with Crippen LogP contribution in [0.4, 0.5) is 0 Å². The molecule has 36 heavy (non-hydrogen) atoms. The van der Waals surface area contributed by atoms with Crippen molar-refractivity contribution in [2.45, 2.75) is 44.6 Å². The Bertz CT molecular complexity index is 1210. The summed E-state index contributed by atoms with van der Waals surface area (Å²) in [6.45, 7) is 2.11. The second kappa shape index (κ2) is 10.8. The number of carbonyl (C=O) groups excluding carboxylic acids is 2. The van der Waals surface area contributed by atoms with Gasteiger partial charge in [0.2, 0.25) is 5.91 Å². The topological polar surface area (TPSA) is 119 Å². The molecule has 2 amide bonds. The predicted octanol–water partition coefficient (Wildman–Crippen LogP) is 1.92. The number of hydrogen-bond acceptors (Lipinski definition) is 7. The summed E-state index contributed by atoms with van der Waals surface area (Å²) < 4.78 is 13.7. The maximum Gasteiger partial charge on any atom is 0.251 e. The number of aromatic hydroxyl groups is 1. The van der Waals surface area contributed by atoms with Crippen LogP contribution in [0, 0.1) is 0 Å². The van der Waals surface area contributed by atoms with Gasteiger partial charge < -0.3 is 24.8 Å². The molecular weight excluding hydrogens is 462 g/mol. The van der Waals surface area contributed by atoms with Gasteiger partial charge in [0.25, 0.3) is 5.91 Å². The number of benzene rings is 2. The van der Waals surface area contributed by atoms with Gasteiger partial charge in [0, 0.05) is 38.0 Å². The molecule has 0 aliphatic carbocycles. The average molecular weight is 492 g/mol. The van der Waals surface area contributed by atoms with Crippen LogP contribution in [0.25, 0.3) is 0 Å². The Labute approximate surface area is 208 Å². The number of nitrogens with zero attached hydrogens (tertiary/aromatic N) is 4. The minimum absolute atomic E-state index is 0.0133. The Kier molecular flexibility index (Phi) is 7.13. The van der Waals surface area contributed by atoms with Crippen molar-refractivity contribution in [2.75, 3.05) is 19.7 Å². The predicted molar refractivity (Wildman–Crippen MR) is 129 cm³/mol. The summed E-state index contributed by atoms with van der Waals surface area (Å²) in [6.07, 6.45) is 3.09. The van der Waals surface area contributed by atoms with Gasteiger partial charge in [0.1, 0.15) is 17.2 Å². The van der Waals surface area contributed by atoms with Crippen LogP contribution in [-0.2, 0) is 29.1 Å². The average Bonchev–Trinajstić information content (AvgIpc) is 3.51. The monoisotopic (exact) mass is 491 g/mol. The number of carbonyl (C=O) groups is 2. The molecule has 4 bridgehead atoms. The van der Waals surface area contributed by atoms with Crippen LogP contribution in [0.15, 0.2) is 54.7 Å². The van der Waals surface area contributed by atoms with Crippen molar-refractivity contribution in [3.63, 3.8) is 0 Å². The van der Waals surface area contributed by atoms with E-state index in [1.807, 2.05) is 24.4 Å². The molecule has 0 unspecified atom stereocenters. The lowest BCUT2D eigenvalue weighted by molar-refractivity contribution is -0.130. The molecule has 0 saturated carbocycles. The van der Waals surface area contributed by atoms with E-state index in [0.29, 0.717) is 56.1 Å². The fraction of sp³-hybridized carbons (Fsp3) is 0.385. The van der Waals surface area contributed by atoms with Crippen LogP contribution in [0.3, 0.4) is 0 Å². The number of fused-ring (bicyclic) bond motifs is 5. The van der Waals surface area contributed by atoms with E-state index in [4.69, 9.17) is 9.47 Å². The second-order valence-electron chi connectivity index (χ2n) is 9.10. The molecule has 10 nitrogen and oxygen atoms in total. The third-order valence-corrected chi connectivity index (χ3v) is 6.43. The Balaban J connectivity index is 1.30. The quantitative estimate of drug-likeness (QED) is 0.575. The van der Waals surface area contributed by atoms with Gasteiger partial charge >= 0.3 is 0 Å². The number of aromatic nitrogens is 3. The van der Waals surface area contributed by atoms with Gasteiger partial charge in [-0.1, -0.05) is 23.4 Å². The van der Waals surface area contributed by atoms with Crippen molar-refractivity contribution < 1.29 is 24.2 Å². The van der Waals surface area contributed by atoms with E-state index < -0.39 is 0 Å². The van der Waals surface area contributed by atoms with Gasteiger partial charge in [-0.15, -0.1) is 5.10 Å². The zero-order chi connectivity index (χ0) is 24.9. The van der Waals surface area contributed by atoms with Crippen LogP contribution < -0.4 is 10.1 Å². The lowest BCUT2D eigenvalue weighted by atomic mass is 10.1. The highest BCUT2D eigenvalue weighted by atomic mass is 16.5. The molecule has 188 valence electrons. The first-order valence-electron chi connectivity index (χ1n) is 12.1. The number of aryl methyl sites for hydroxylation is 2. The second-order valence-corrected chi connectivity index (χ2v) is 9.10. The van der Waals surface area contributed by atoms with E-state index in [2.05, 4.69) is 15.6 Å². The molecule has 3 aromatic rings. The van der Waals surface area contributed by atoms with Gasteiger partial charge in [-0.05, 0) is 42.3 Å². The fourth-order valence-corrected chi connectivity index (χ4v) is 4.46. The SMILES string of the molecule is O=C1N[C@H]2CN(C(=O)CCc3ccc(O)cc3)C[C@@H]2OCc2cn(nn2)CCCOc2cccc1c2. The first kappa shape index (κ1) is 23.8. The van der Waals surface area contributed by atoms with Crippen molar-refractivity contribution in [2.24, 2.45) is 0 Å². The van der Waals surface area contributed by atoms with E-state index in [0.717, 1.165) is 12.0 Å². The Morgan fingerprint density at radius 3 is 2.89 bits per heavy atom. The van der Waals surface area contributed by atoms with Crippen molar-refractivity contribution >= 4 is 11.8 Å². The Hall–Kier alpha value is -3.92. The number of amides is 2. The fourth-order valence-electron chi connectivity index (χ4n) is 4.46. The van der Waals surface area contributed by atoms with Crippen molar-refractivity contribution in [3.05, 3.63) is 71.5 Å². The van der Waals surface area contributed by atoms with Crippen molar-refractivity contribution in [1.82, 2.24) is 25.2 Å². The van der Waals surface area contributed by atoms with Gasteiger partial charge in [0.15, 0.2) is 0 Å². The molecular formula is C26H29N5O5. The zero-order valence-electron chi connectivity index (χ0n) is 19.9. The summed E-state index contributed by atoms with van der Waals surface area (Å²) in [6, 6.07) is 13.5. The maximum atomic E-state index is 13.1. The third-order valence-electron chi connectivity index (χ3n) is 6.43. The summed E-state index contributed by atoms with van der Waals surface area (Å²) in [7, 11) is 0. The lowest BCUT2D eigenvalue weighted by Crippen LogP contribution is -2.44. The van der Waals surface area contributed by atoms with E-state index in [-0.39, 0.29) is 36.3 Å². The lowest BCUT2D eigenvalue weighted by Gasteiger charge is -2.20. The highest BCUT2D eigenvalue weighted by Gasteiger charge is 2.37. The maximum absolute atomic E-state index is 13.1.